The van der Waals surface area contributed by atoms with Crippen molar-refractivity contribution in [3.05, 3.63) is 181 Å². The number of hydrogen-bond donors (Lipinski definition) is 2. The van der Waals surface area contributed by atoms with Gasteiger partial charge in [0.15, 0.2) is 0 Å². The van der Waals surface area contributed by atoms with Gasteiger partial charge in [-0.2, -0.15) is 15.8 Å². The molecular formula is C46H49B2F8FeN5P2+4. The molecule has 0 aliphatic carbocycles. The Morgan fingerprint density at radius 3 is 0.797 bits per heavy atom. The summed E-state index contributed by atoms with van der Waals surface area (Å²) in [5.41, 5.74) is 2.77. The molecule has 334 valence electrons. The summed E-state index contributed by atoms with van der Waals surface area (Å²) in [5.74, 6) is 0. The third kappa shape index (κ3) is 26.3. The zero-order valence-corrected chi connectivity index (χ0v) is 38.5. The molecule has 0 bridgehead atoms. The van der Waals surface area contributed by atoms with Crippen LogP contribution in [0.25, 0.3) is 0 Å². The summed E-state index contributed by atoms with van der Waals surface area (Å²) >= 11 is 0. The quantitative estimate of drug-likeness (QED) is 0.0521. The van der Waals surface area contributed by atoms with Crippen LogP contribution in [0.4, 0.5) is 34.5 Å². The number of nitriles is 3. The predicted molar refractivity (Wildman–Crippen MR) is 251 cm³/mol. The first-order chi connectivity index (χ1) is 30.1. The molecule has 64 heavy (non-hydrogen) atoms. The molecule has 6 rings (SSSR count). The number of rotatable bonds is 13. The summed E-state index contributed by atoms with van der Waals surface area (Å²) in [6.45, 7) is 7.82. The van der Waals surface area contributed by atoms with Crippen LogP contribution in [0.2, 0.25) is 0 Å². The van der Waals surface area contributed by atoms with E-state index < -0.39 is 30.4 Å². The molecule has 6 aromatic rings. The molecule has 0 spiro atoms. The van der Waals surface area contributed by atoms with E-state index in [1.807, 2.05) is 0 Å². The van der Waals surface area contributed by atoms with Gasteiger partial charge in [-0.1, -0.05) is 109 Å². The van der Waals surface area contributed by atoms with E-state index in [-0.39, 0.29) is 17.1 Å². The molecule has 0 unspecified atom stereocenters. The fourth-order valence-electron chi connectivity index (χ4n) is 5.83. The van der Waals surface area contributed by atoms with Crippen LogP contribution >= 0.6 is 15.8 Å². The maximum absolute atomic E-state index is 9.75. The van der Waals surface area contributed by atoms with Gasteiger partial charge in [0.25, 0.3) is 0 Å². The maximum atomic E-state index is 9.75. The van der Waals surface area contributed by atoms with Gasteiger partial charge in [-0.15, -0.1) is 0 Å². The van der Waals surface area contributed by atoms with Crippen molar-refractivity contribution in [3.8, 4) is 18.2 Å². The summed E-state index contributed by atoms with van der Waals surface area (Å²) in [6, 6.07) is 67.3. The van der Waals surface area contributed by atoms with Gasteiger partial charge in [0.2, 0.25) is 0 Å². The van der Waals surface area contributed by atoms with Crippen molar-refractivity contribution in [2.45, 2.75) is 33.9 Å². The molecule has 18 heteroatoms. The summed E-state index contributed by atoms with van der Waals surface area (Å²) in [5, 5.41) is 38.0. The Balaban J connectivity index is 0.00000169. The SMILES string of the molecule is CC#N.CC#N.CC#N.F[B-](F)(F)F.F[B-](F)(F)F.[Fe+4].c1ccc([PH+](c2ccccc2)c2ccccc2CNCCNCc2ccccc2[PH+](c2ccccc2)c2ccccc2)cc1. The van der Waals surface area contributed by atoms with E-state index in [9.17, 15) is 34.5 Å². The first kappa shape index (κ1) is 58.7. The predicted octanol–water partition coefficient (Wildman–Crippen LogP) is 9.73. The van der Waals surface area contributed by atoms with E-state index in [4.69, 9.17) is 15.8 Å². The Morgan fingerprint density at radius 1 is 0.391 bits per heavy atom. The Labute approximate surface area is 384 Å². The normalized spacial score (nSPS) is 9.97. The zero-order chi connectivity index (χ0) is 46.9. The standard InChI is InChI=1S/C40H38N2P2.3C2H3N.2BF4.Fe/c1-5-19-35(20-6-1)43(36-21-7-2-8-22-36)39-27-15-13-17-33(39)31-41-29-30-42-32-34-18-14-16-28-40(34)44(37-23-9-3-10-24-37)38-25-11-4-12-26-38;3*1-2-3;2*2-1(3,4)5;/h1-28,41-42H,29-32H2;3*1H3;;;/q;;;;2*-1;+4/p+2. The van der Waals surface area contributed by atoms with Gasteiger partial charge in [-0.25, -0.2) is 0 Å². The van der Waals surface area contributed by atoms with Gasteiger partial charge in [-0.05, 0) is 60.7 Å². The van der Waals surface area contributed by atoms with Crippen molar-refractivity contribution in [2.75, 3.05) is 13.1 Å². The third-order valence-corrected chi connectivity index (χ3v) is 13.6. The molecule has 0 heterocycles. The van der Waals surface area contributed by atoms with Gasteiger partial charge >= 0.3 is 31.6 Å². The molecule has 0 atom stereocenters. The number of nitrogens with zero attached hydrogens (tertiary/aromatic N) is 3. The monoisotopic (exact) mass is 963 g/mol. The molecule has 0 saturated carbocycles. The van der Waals surface area contributed by atoms with E-state index in [0.29, 0.717) is 0 Å². The summed E-state index contributed by atoms with van der Waals surface area (Å²) in [7, 11) is -14.2. The van der Waals surface area contributed by atoms with Crippen molar-refractivity contribution in [3.63, 3.8) is 0 Å². The van der Waals surface area contributed by atoms with Crippen LogP contribution in [0.1, 0.15) is 31.9 Å². The van der Waals surface area contributed by atoms with Crippen molar-refractivity contribution in [1.29, 1.82) is 15.8 Å². The number of hydrogen-bond acceptors (Lipinski definition) is 5. The molecule has 0 radical (unpaired) electrons. The van der Waals surface area contributed by atoms with E-state index in [1.165, 1.54) is 63.7 Å². The zero-order valence-electron chi connectivity index (χ0n) is 35.4. The minimum atomic E-state index is -6.00. The molecule has 0 aliphatic rings. The van der Waals surface area contributed by atoms with Crippen LogP contribution in [0.5, 0.6) is 0 Å². The van der Waals surface area contributed by atoms with Crippen molar-refractivity contribution in [1.82, 2.24) is 10.6 Å². The Hall–Kier alpha value is -5.34. The van der Waals surface area contributed by atoms with Crippen molar-refractivity contribution in [2.24, 2.45) is 0 Å². The first-order valence-corrected chi connectivity index (χ1v) is 22.3. The summed E-state index contributed by atoms with van der Waals surface area (Å²) < 4.78 is 78.0. The van der Waals surface area contributed by atoms with Crippen LogP contribution in [0, 0.1) is 34.0 Å². The number of halogens is 8. The Kier molecular flexibility index (Phi) is 31.3. The largest absolute Gasteiger partial charge is 4.00 e. The molecule has 0 aliphatic heterocycles. The van der Waals surface area contributed by atoms with Gasteiger partial charge in [0, 0.05) is 58.1 Å². The minimum Gasteiger partial charge on any atom is -0.418 e. The molecule has 0 fully saturated rings. The fraction of sp³-hybridized carbons (Fsp3) is 0.152. The van der Waals surface area contributed by atoms with Crippen molar-refractivity contribution >= 4 is 62.2 Å². The Morgan fingerprint density at radius 2 is 0.578 bits per heavy atom. The average molecular weight is 963 g/mol. The maximum Gasteiger partial charge on any atom is 4.00 e. The number of benzene rings is 6. The van der Waals surface area contributed by atoms with E-state index in [1.54, 1.807) is 18.2 Å². The number of nitrogens with one attached hydrogen (secondary N) is 2. The smallest absolute Gasteiger partial charge is 0.418 e. The third-order valence-electron chi connectivity index (χ3n) is 7.93. The molecule has 2 N–H and O–H groups in total. The van der Waals surface area contributed by atoms with Gasteiger partial charge < -0.3 is 45.2 Å². The second kappa shape index (κ2) is 34.1. The Bertz CT molecular complexity index is 1990. The van der Waals surface area contributed by atoms with Gasteiger partial charge in [0.05, 0.1) is 34.1 Å². The second-order valence-electron chi connectivity index (χ2n) is 12.5. The van der Waals surface area contributed by atoms with Crippen LogP contribution in [0.15, 0.2) is 170 Å². The molecule has 0 saturated heterocycles. The topological polar surface area (TPSA) is 95.4 Å². The first-order valence-electron chi connectivity index (χ1n) is 19.3. The minimum absolute atomic E-state index is 0. The van der Waals surface area contributed by atoms with E-state index in [0.717, 1.165) is 26.2 Å². The summed E-state index contributed by atoms with van der Waals surface area (Å²) in [6.07, 6.45) is 0. The van der Waals surface area contributed by atoms with Crippen LogP contribution in [0.3, 0.4) is 0 Å². The second-order valence-corrected chi connectivity index (χ2v) is 17.4. The molecule has 5 nitrogen and oxygen atoms in total. The van der Waals surface area contributed by atoms with Crippen molar-refractivity contribution < 1.29 is 51.6 Å². The van der Waals surface area contributed by atoms with E-state index in [2.05, 4.69) is 180 Å². The summed E-state index contributed by atoms with van der Waals surface area (Å²) in [4.78, 5) is 0. The molecule has 6 aromatic carbocycles. The van der Waals surface area contributed by atoms with Crippen LogP contribution < -0.4 is 42.5 Å². The van der Waals surface area contributed by atoms with E-state index >= 15 is 0 Å². The van der Waals surface area contributed by atoms with Gasteiger partial charge in [0.1, 0.15) is 31.8 Å². The van der Waals surface area contributed by atoms with Gasteiger partial charge in [-0.3, -0.25) is 0 Å². The fourth-order valence-corrected chi connectivity index (χ4v) is 11.4. The molecule has 0 amide bonds. The molecule has 0 aromatic heterocycles. The molecular weight excluding hydrogens is 914 g/mol. The average Bonchev–Trinajstić information content (AvgIpc) is 3.25. The van der Waals surface area contributed by atoms with Crippen LogP contribution in [-0.4, -0.2) is 27.6 Å². The van der Waals surface area contributed by atoms with Crippen LogP contribution in [-0.2, 0) is 30.2 Å².